The first kappa shape index (κ1) is 48.1. The Bertz CT molecular complexity index is 1700. The van der Waals surface area contributed by atoms with Crippen LogP contribution in [0.25, 0.3) is 0 Å². The van der Waals surface area contributed by atoms with Crippen LogP contribution in [0.3, 0.4) is 0 Å². The lowest BCUT2D eigenvalue weighted by molar-refractivity contribution is -0.381. The average Bonchev–Trinajstić information content (AvgIpc) is 3.64. The third-order valence-electron chi connectivity index (χ3n) is 19.4. The zero-order chi connectivity index (χ0) is 45.9. The van der Waals surface area contributed by atoms with Gasteiger partial charge in [0.15, 0.2) is 18.9 Å². The number of allylic oxidation sites excluding steroid dienone is 1. The lowest BCUT2D eigenvalue weighted by Gasteiger charge is -2.73. The highest BCUT2D eigenvalue weighted by atomic mass is 16.8. The van der Waals surface area contributed by atoms with Crippen LogP contribution >= 0.6 is 0 Å². The minimum atomic E-state index is -1.75. The van der Waals surface area contributed by atoms with Crippen molar-refractivity contribution in [2.45, 2.75) is 205 Å². The number of hydrogen-bond donors (Lipinski definition) is 9. The summed E-state index contributed by atoms with van der Waals surface area (Å²) in [5, 5.41) is 96.0. The van der Waals surface area contributed by atoms with Crippen molar-refractivity contribution in [2.24, 2.45) is 56.7 Å². The summed E-state index contributed by atoms with van der Waals surface area (Å²) in [6, 6.07) is 0. The lowest BCUT2D eigenvalue weighted by Crippen LogP contribution is -2.67. The molecule has 8 aliphatic rings. The highest BCUT2D eigenvalue weighted by Gasteiger charge is 2.72. The number of carbonyl (C=O) groups is 1. The van der Waals surface area contributed by atoms with Crippen molar-refractivity contribution in [1.29, 1.82) is 0 Å². The average molecular weight is 897 g/mol. The molecule has 63 heavy (non-hydrogen) atoms. The molecule has 16 nitrogen and oxygen atoms in total. The zero-order valence-electron chi connectivity index (χ0n) is 38.1. The monoisotopic (exact) mass is 897 g/mol. The Kier molecular flexibility index (Phi) is 13.0. The van der Waals surface area contributed by atoms with Gasteiger partial charge >= 0.3 is 5.97 Å². The van der Waals surface area contributed by atoms with E-state index in [1.165, 1.54) is 6.92 Å². The molecule has 9 N–H and O–H groups in total. The van der Waals surface area contributed by atoms with E-state index in [2.05, 4.69) is 48.1 Å². The molecule has 8 fully saturated rings. The van der Waals surface area contributed by atoms with E-state index < -0.39 is 109 Å². The standard InChI is InChI=1S/C47H76O16/c1-21(2)23-11-16-47(42(56)57)18-17-45(7)24(30(23)47)9-10-28-44(6)14-13-29(43(4,5)27(44)12-15-46(28,45)8)62-41-38(63-39-36(54)34(52)31(49)22(3)59-39)33(51)26(20-58-41)61-40-37(55)35(53)32(50)25(19-48)60-40/h22-41,48-55H,1,9-20H2,2-8H3,(H,56,57)/t22-,23-,24+,25+,26-,27-,28+,29?,30+,31-,32+,33-,34+,35-,36+,37+,38+,39-,40-,41-,44-,45+,46+,47-/m1/s1. The molecule has 8 rings (SSSR count). The molecule has 3 heterocycles. The molecule has 0 radical (unpaired) electrons. The molecule has 5 aliphatic carbocycles. The van der Waals surface area contributed by atoms with Crippen molar-refractivity contribution >= 4 is 5.97 Å². The maximum Gasteiger partial charge on any atom is 0.309 e. The molecule has 24 atom stereocenters. The Morgan fingerprint density at radius 1 is 0.683 bits per heavy atom. The van der Waals surface area contributed by atoms with Crippen LogP contribution in [0.1, 0.15) is 113 Å². The normalized spacial score (nSPS) is 55.5. The van der Waals surface area contributed by atoms with Gasteiger partial charge in [0, 0.05) is 0 Å². The van der Waals surface area contributed by atoms with Gasteiger partial charge in [-0.2, -0.15) is 0 Å². The fourth-order valence-electron chi connectivity index (χ4n) is 15.7. The largest absolute Gasteiger partial charge is 0.481 e. The van der Waals surface area contributed by atoms with Crippen molar-refractivity contribution in [3.63, 3.8) is 0 Å². The number of fused-ring (bicyclic) bond motifs is 7. The summed E-state index contributed by atoms with van der Waals surface area (Å²) in [6.07, 6.45) is -12.2. The second-order valence-corrected chi connectivity index (χ2v) is 22.5. The van der Waals surface area contributed by atoms with E-state index in [1.807, 2.05) is 0 Å². The third-order valence-corrected chi connectivity index (χ3v) is 19.4. The quantitative estimate of drug-likeness (QED) is 0.119. The molecule has 360 valence electrons. The van der Waals surface area contributed by atoms with Crippen LogP contribution in [-0.4, -0.2) is 157 Å². The van der Waals surface area contributed by atoms with E-state index in [-0.39, 0.29) is 46.7 Å². The van der Waals surface area contributed by atoms with Gasteiger partial charge in [-0.15, -0.1) is 0 Å². The summed E-state index contributed by atoms with van der Waals surface area (Å²) in [5.41, 5.74) is -0.0393. The van der Waals surface area contributed by atoms with Gasteiger partial charge in [0.2, 0.25) is 0 Å². The fraction of sp³-hybridized carbons (Fsp3) is 0.936. The van der Waals surface area contributed by atoms with Crippen molar-refractivity contribution in [1.82, 2.24) is 0 Å². The zero-order valence-corrected chi connectivity index (χ0v) is 38.1. The first-order valence-corrected chi connectivity index (χ1v) is 23.6. The molecular formula is C47H76O16. The number of carboxylic acids is 1. The Balaban J connectivity index is 1.03. The molecule has 3 saturated heterocycles. The predicted molar refractivity (Wildman–Crippen MR) is 223 cm³/mol. The van der Waals surface area contributed by atoms with E-state index in [0.717, 1.165) is 56.9 Å². The van der Waals surface area contributed by atoms with Crippen molar-refractivity contribution in [3.8, 4) is 0 Å². The maximum absolute atomic E-state index is 13.1. The van der Waals surface area contributed by atoms with Crippen LogP contribution < -0.4 is 0 Å². The van der Waals surface area contributed by atoms with Crippen LogP contribution in [0, 0.1) is 56.7 Å². The van der Waals surface area contributed by atoms with E-state index in [0.29, 0.717) is 24.7 Å². The third kappa shape index (κ3) is 7.33. The van der Waals surface area contributed by atoms with E-state index in [1.54, 1.807) is 0 Å². The molecule has 0 aromatic carbocycles. The second-order valence-electron chi connectivity index (χ2n) is 22.5. The number of rotatable bonds is 9. The Hall–Kier alpha value is -1.35. The summed E-state index contributed by atoms with van der Waals surface area (Å²) >= 11 is 0. The number of aliphatic hydroxyl groups is 8. The number of ether oxygens (including phenoxy) is 6. The molecule has 3 aliphatic heterocycles. The summed E-state index contributed by atoms with van der Waals surface area (Å²) in [5.74, 6) is 0.642. The van der Waals surface area contributed by atoms with Crippen LogP contribution in [0.2, 0.25) is 0 Å². The molecule has 1 unspecified atom stereocenters. The maximum atomic E-state index is 13.1. The van der Waals surface area contributed by atoms with Gasteiger partial charge in [-0.1, -0.05) is 46.8 Å². The molecular weight excluding hydrogens is 821 g/mol. The summed E-state index contributed by atoms with van der Waals surface area (Å²) in [4.78, 5) is 13.1. The van der Waals surface area contributed by atoms with Gasteiger partial charge in [-0.3, -0.25) is 4.79 Å². The van der Waals surface area contributed by atoms with E-state index in [9.17, 15) is 50.8 Å². The number of hydrogen-bond acceptors (Lipinski definition) is 15. The smallest absolute Gasteiger partial charge is 0.309 e. The summed E-state index contributed by atoms with van der Waals surface area (Å²) in [6.45, 7) is 19.0. The van der Waals surface area contributed by atoms with Crippen molar-refractivity contribution in [2.75, 3.05) is 13.2 Å². The molecule has 16 heteroatoms. The van der Waals surface area contributed by atoms with Gasteiger partial charge in [-0.05, 0) is 129 Å². The SMILES string of the molecule is C=C(C)[C@H]1CC[C@@]2(C(=O)O)CC[C@@]3(C)[C@@H](CC[C@H]4[C@]5(C)CCC(O[C@H]6OC[C@@H](O[C@H]7O[C@@H](CO)[C@H](O)[C@@H](O)[C@@H]7O)[C@@H](O)[C@@H]6O[C@H]6O[C@H](C)[C@@H](O)[C@H](O)[C@@H]6O)C(C)(C)[C@H]5CC[C@@]43C)[C@H]12. The van der Waals surface area contributed by atoms with Crippen molar-refractivity contribution in [3.05, 3.63) is 12.2 Å². The van der Waals surface area contributed by atoms with Crippen LogP contribution in [0.5, 0.6) is 0 Å². The Morgan fingerprint density at radius 3 is 2.00 bits per heavy atom. The molecule has 0 spiro atoms. The minimum absolute atomic E-state index is 0.000575. The molecule has 0 aromatic heterocycles. The second kappa shape index (κ2) is 17.0. The molecule has 0 bridgehead atoms. The van der Waals surface area contributed by atoms with E-state index >= 15 is 0 Å². The minimum Gasteiger partial charge on any atom is -0.481 e. The first-order chi connectivity index (χ1) is 29.5. The van der Waals surface area contributed by atoms with Crippen LogP contribution in [-0.2, 0) is 33.2 Å². The first-order valence-electron chi connectivity index (χ1n) is 23.6. The van der Waals surface area contributed by atoms with Gasteiger partial charge in [0.05, 0.1) is 30.8 Å². The van der Waals surface area contributed by atoms with Gasteiger partial charge in [-0.25, -0.2) is 0 Å². The summed E-state index contributed by atoms with van der Waals surface area (Å²) in [7, 11) is 0. The van der Waals surface area contributed by atoms with Crippen LogP contribution in [0.15, 0.2) is 12.2 Å². The molecule has 0 aromatic rings. The van der Waals surface area contributed by atoms with E-state index in [4.69, 9.17) is 28.4 Å². The Labute approximate surface area is 371 Å². The highest BCUT2D eigenvalue weighted by Crippen LogP contribution is 2.77. The number of aliphatic hydroxyl groups excluding tert-OH is 8. The van der Waals surface area contributed by atoms with Crippen molar-refractivity contribution < 1.29 is 79.2 Å². The van der Waals surface area contributed by atoms with Gasteiger partial charge < -0.3 is 74.4 Å². The Morgan fingerprint density at radius 2 is 1.35 bits per heavy atom. The highest BCUT2D eigenvalue weighted by molar-refractivity contribution is 5.76. The summed E-state index contributed by atoms with van der Waals surface area (Å²) < 4.78 is 36.7. The predicted octanol–water partition coefficient (Wildman–Crippen LogP) is 2.23. The number of carboxylic acid groups (broad SMARTS) is 1. The van der Waals surface area contributed by atoms with Gasteiger partial charge in [0.1, 0.15) is 61.0 Å². The van der Waals surface area contributed by atoms with Gasteiger partial charge in [0.25, 0.3) is 0 Å². The lowest BCUT2D eigenvalue weighted by atomic mass is 9.32. The fourth-order valence-corrected chi connectivity index (χ4v) is 15.7. The molecule has 0 amide bonds. The topological polar surface area (TPSA) is 255 Å². The van der Waals surface area contributed by atoms with Crippen LogP contribution in [0.4, 0.5) is 0 Å². The molecule has 5 saturated carbocycles. The number of aliphatic carboxylic acids is 1.